The van der Waals surface area contributed by atoms with Gasteiger partial charge in [0.15, 0.2) is 0 Å². The number of ether oxygens (including phenoxy) is 1. The summed E-state index contributed by atoms with van der Waals surface area (Å²) in [5, 5.41) is 9.63. The number of aliphatic hydroxyl groups excluding tert-OH is 1. The molecule has 0 amide bonds. The minimum absolute atomic E-state index is 0.0899. The Balaban J connectivity index is 1.60. The fraction of sp³-hybridized carbons (Fsp3) is 0.571. The van der Waals surface area contributed by atoms with Crippen LogP contribution in [-0.2, 0) is 6.42 Å². The van der Waals surface area contributed by atoms with Gasteiger partial charge in [-0.1, -0.05) is 0 Å². The molecule has 1 fully saturated rings. The molecule has 18 heavy (non-hydrogen) atoms. The van der Waals surface area contributed by atoms with E-state index in [1.807, 2.05) is 0 Å². The van der Waals surface area contributed by atoms with Crippen molar-refractivity contribution in [2.75, 3.05) is 19.6 Å². The van der Waals surface area contributed by atoms with Crippen molar-refractivity contribution in [1.29, 1.82) is 0 Å². The predicted molar refractivity (Wildman–Crippen MR) is 66.2 cm³/mol. The monoisotopic (exact) mass is 251 g/mol. The summed E-state index contributed by atoms with van der Waals surface area (Å²) >= 11 is 0. The molecule has 3 rings (SSSR count). The van der Waals surface area contributed by atoms with Gasteiger partial charge in [0, 0.05) is 25.1 Å². The van der Waals surface area contributed by atoms with Crippen LogP contribution in [-0.4, -0.2) is 41.8 Å². The Labute approximate surface area is 106 Å². The van der Waals surface area contributed by atoms with Crippen LogP contribution in [0.1, 0.15) is 18.4 Å². The molecule has 0 aliphatic carbocycles. The molecule has 1 N–H and O–H groups in total. The third-order valence-electron chi connectivity index (χ3n) is 3.71. The van der Waals surface area contributed by atoms with E-state index in [1.54, 1.807) is 12.1 Å². The first-order valence-corrected chi connectivity index (χ1v) is 6.56. The van der Waals surface area contributed by atoms with Crippen LogP contribution in [0.5, 0.6) is 5.75 Å². The summed E-state index contributed by atoms with van der Waals surface area (Å²) in [7, 11) is 0. The summed E-state index contributed by atoms with van der Waals surface area (Å²) in [4.78, 5) is 2.24. The minimum Gasteiger partial charge on any atom is -0.488 e. The molecule has 4 heteroatoms. The molecule has 2 atom stereocenters. The second kappa shape index (κ2) is 4.86. The molecule has 0 radical (unpaired) electrons. The number of rotatable bonds is 2. The lowest BCUT2D eigenvalue weighted by molar-refractivity contribution is 0.0502. The Hall–Kier alpha value is -1.13. The molecule has 2 aliphatic rings. The quantitative estimate of drug-likeness (QED) is 0.866. The number of piperidine rings is 1. The number of hydrogen-bond donors (Lipinski definition) is 1. The summed E-state index contributed by atoms with van der Waals surface area (Å²) in [6.45, 7) is 2.56. The van der Waals surface area contributed by atoms with E-state index >= 15 is 0 Å². The maximum Gasteiger partial charge on any atom is 0.123 e. The van der Waals surface area contributed by atoms with Gasteiger partial charge in [0.05, 0.1) is 6.10 Å². The predicted octanol–water partition coefficient (Wildman–Crippen LogP) is 1.59. The number of aliphatic hydroxyl groups is 1. The largest absolute Gasteiger partial charge is 0.488 e. The number of benzene rings is 1. The molecule has 0 bridgehead atoms. The fourth-order valence-corrected chi connectivity index (χ4v) is 2.88. The average Bonchev–Trinajstić information content (AvgIpc) is 2.70. The average molecular weight is 251 g/mol. The van der Waals surface area contributed by atoms with Crippen LogP contribution >= 0.6 is 0 Å². The Kier molecular flexibility index (Phi) is 3.22. The molecule has 0 spiro atoms. The van der Waals surface area contributed by atoms with Crippen molar-refractivity contribution in [3.05, 3.63) is 29.6 Å². The standard InChI is InChI=1S/C14H18FNO2/c15-11-3-4-14-10(6-11)7-13(18-14)9-16-5-1-2-12(17)8-16/h3-4,6,12-13,17H,1-2,5,7-9H2. The van der Waals surface area contributed by atoms with Crippen molar-refractivity contribution >= 4 is 0 Å². The highest BCUT2D eigenvalue weighted by atomic mass is 19.1. The van der Waals surface area contributed by atoms with Crippen LogP contribution in [0.3, 0.4) is 0 Å². The zero-order chi connectivity index (χ0) is 12.5. The van der Waals surface area contributed by atoms with Gasteiger partial charge in [0.2, 0.25) is 0 Å². The first kappa shape index (κ1) is 11.9. The molecule has 0 aromatic heterocycles. The van der Waals surface area contributed by atoms with Crippen LogP contribution in [0.2, 0.25) is 0 Å². The molecule has 2 unspecified atom stereocenters. The molecular formula is C14H18FNO2. The summed E-state index contributed by atoms with van der Waals surface area (Å²) in [6.07, 6.45) is 2.58. The van der Waals surface area contributed by atoms with E-state index in [0.717, 1.165) is 50.2 Å². The Morgan fingerprint density at radius 2 is 2.33 bits per heavy atom. The van der Waals surface area contributed by atoms with Crippen molar-refractivity contribution in [3.63, 3.8) is 0 Å². The van der Waals surface area contributed by atoms with Gasteiger partial charge in [-0.25, -0.2) is 4.39 Å². The van der Waals surface area contributed by atoms with Gasteiger partial charge in [0.25, 0.3) is 0 Å². The number of β-amino-alcohol motifs (C(OH)–C–C–N with tert-alkyl or cyclic N) is 1. The molecule has 1 aromatic rings. The van der Waals surface area contributed by atoms with E-state index in [0.29, 0.717) is 0 Å². The van der Waals surface area contributed by atoms with E-state index in [4.69, 9.17) is 4.74 Å². The van der Waals surface area contributed by atoms with E-state index in [2.05, 4.69) is 4.90 Å². The van der Waals surface area contributed by atoms with Gasteiger partial charge < -0.3 is 9.84 Å². The fourth-order valence-electron chi connectivity index (χ4n) is 2.88. The summed E-state index contributed by atoms with van der Waals surface area (Å²) in [5.41, 5.74) is 0.956. The number of hydrogen-bond acceptors (Lipinski definition) is 3. The maximum atomic E-state index is 13.1. The molecule has 1 aromatic carbocycles. The van der Waals surface area contributed by atoms with E-state index in [-0.39, 0.29) is 18.0 Å². The summed E-state index contributed by atoms with van der Waals surface area (Å²) in [5.74, 6) is 0.602. The molecule has 2 aliphatic heterocycles. The number of nitrogens with zero attached hydrogens (tertiary/aromatic N) is 1. The van der Waals surface area contributed by atoms with Gasteiger partial charge in [-0.15, -0.1) is 0 Å². The van der Waals surface area contributed by atoms with Gasteiger partial charge >= 0.3 is 0 Å². The highest BCUT2D eigenvalue weighted by molar-refractivity contribution is 5.37. The maximum absolute atomic E-state index is 13.1. The van der Waals surface area contributed by atoms with Crippen molar-refractivity contribution in [1.82, 2.24) is 4.90 Å². The third-order valence-corrected chi connectivity index (χ3v) is 3.71. The molecule has 2 heterocycles. The number of likely N-dealkylation sites (tertiary alicyclic amines) is 1. The number of fused-ring (bicyclic) bond motifs is 1. The van der Waals surface area contributed by atoms with Crippen LogP contribution < -0.4 is 4.74 Å². The second-order valence-electron chi connectivity index (χ2n) is 5.25. The lowest BCUT2D eigenvalue weighted by Gasteiger charge is -2.31. The van der Waals surface area contributed by atoms with Crippen molar-refractivity contribution in [3.8, 4) is 5.75 Å². The first-order chi connectivity index (χ1) is 8.70. The SMILES string of the molecule is OC1CCCN(CC2Cc3cc(F)ccc3O2)C1. The normalized spacial score (nSPS) is 27.9. The number of halogens is 1. The zero-order valence-electron chi connectivity index (χ0n) is 10.3. The third kappa shape index (κ3) is 2.49. The van der Waals surface area contributed by atoms with Crippen LogP contribution in [0.25, 0.3) is 0 Å². The van der Waals surface area contributed by atoms with E-state index in [1.165, 1.54) is 6.07 Å². The molecule has 3 nitrogen and oxygen atoms in total. The lowest BCUT2D eigenvalue weighted by Crippen LogP contribution is -2.43. The van der Waals surface area contributed by atoms with Crippen LogP contribution in [0, 0.1) is 5.82 Å². The van der Waals surface area contributed by atoms with E-state index in [9.17, 15) is 9.50 Å². The van der Waals surface area contributed by atoms with Crippen molar-refractivity contribution < 1.29 is 14.2 Å². The Morgan fingerprint density at radius 3 is 3.17 bits per heavy atom. The topological polar surface area (TPSA) is 32.7 Å². The Morgan fingerprint density at radius 1 is 1.44 bits per heavy atom. The van der Waals surface area contributed by atoms with Crippen LogP contribution in [0.4, 0.5) is 4.39 Å². The van der Waals surface area contributed by atoms with E-state index < -0.39 is 0 Å². The lowest BCUT2D eigenvalue weighted by atomic mass is 10.1. The van der Waals surface area contributed by atoms with Crippen molar-refractivity contribution in [2.24, 2.45) is 0 Å². The van der Waals surface area contributed by atoms with Gasteiger partial charge in [0.1, 0.15) is 17.7 Å². The highest BCUT2D eigenvalue weighted by Crippen LogP contribution is 2.29. The highest BCUT2D eigenvalue weighted by Gasteiger charge is 2.27. The minimum atomic E-state index is -0.208. The summed E-state index contributed by atoms with van der Waals surface area (Å²) < 4.78 is 18.9. The van der Waals surface area contributed by atoms with Crippen LogP contribution in [0.15, 0.2) is 18.2 Å². The summed E-state index contributed by atoms with van der Waals surface area (Å²) in [6, 6.07) is 4.70. The molecule has 0 saturated carbocycles. The van der Waals surface area contributed by atoms with Gasteiger partial charge in [-0.05, 0) is 37.6 Å². The second-order valence-corrected chi connectivity index (χ2v) is 5.25. The van der Waals surface area contributed by atoms with Gasteiger partial charge in [-0.2, -0.15) is 0 Å². The molecular weight excluding hydrogens is 233 g/mol. The molecule has 1 saturated heterocycles. The first-order valence-electron chi connectivity index (χ1n) is 6.56. The van der Waals surface area contributed by atoms with Gasteiger partial charge in [-0.3, -0.25) is 4.90 Å². The Bertz CT molecular complexity index is 438. The molecule has 98 valence electrons. The zero-order valence-corrected chi connectivity index (χ0v) is 10.3. The smallest absolute Gasteiger partial charge is 0.123 e. The van der Waals surface area contributed by atoms with Crippen molar-refractivity contribution in [2.45, 2.75) is 31.5 Å².